The molecule has 0 spiro atoms. The quantitative estimate of drug-likeness (QED) is 0.657. The van der Waals surface area contributed by atoms with Crippen LogP contribution < -0.4 is 0 Å². The molecule has 1 aliphatic rings. The number of alkyl halides is 2. The molecule has 0 amide bonds. The summed E-state index contributed by atoms with van der Waals surface area (Å²) in [5, 5.41) is 0. The van der Waals surface area contributed by atoms with Gasteiger partial charge < -0.3 is 0 Å². The van der Waals surface area contributed by atoms with Gasteiger partial charge in [-0.05, 0) is 17.5 Å². The van der Waals surface area contributed by atoms with E-state index in [1.165, 1.54) is 0 Å². The van der Waals surface area contributed by atoms with Gasteiger partial charge in [0.15, 0.2) is 0 Å². The van der Waals surface area contributed by atoms with Crippen LogP contribution in [-0.4, -0.2) is 5.92 Å². The van der Waals surface area contributed by atoms with Gasteiger partial charge in [-0.1, -0.05) is 31.2 Å². The molecule has 1 unspecified atom stereocenters. The number of rotatable bonds is 2. The summed E-state index contributed by atoms with van der Waals surface area (Å²) in [4.78, 5) is 0. The third-order valence-electron chi connectivity index (χ3n) is 2.64. The lowest BCUT2D eigenvalue weighted by Gasteiger charge is -2.05. The summed E-state index contributed by atoms with van der Waals surface area (Å²) in [6, 6.07) is 7.50. The first kappa shape index (κ1) is 8.67. The SMILES string of the molecule is CCc1ccccc1C1CC1(F)F. The fraction of sp³-hybridized carbons (Fsp3) is 0.455. The number of aryl methyl sites for hydroxylation is 1. The maximum absolute atomic E-state index is 12.8. The molecule has 13 heavy (non-hydrogen) atoms. The summed E-state index contributed by atoms with van der Waals surface area (Å²) in [6.07, 6.45) is 0.868. The van der Waals surface area contributed by atoms with Crippen molar-refractivity contribution >= 4 is 0 Å². The van der Waals surface area contributed by atoms with Crippen LogP contribution in [0, 0.1) is 0 Å². The molecule has 1 aromatic rings. The smallest absolute Gasteiger partial charge is 0.206 e. The Morgan fingerprint density at radius 3 is 2.54 bits per heavy atom. The summed E-state index contributed by atoms with van der Waals surface area (Å²) < 4.78 is 25.6. The van der Waals surface area contributed by atoms with Gasteiger partial charge in [0, 0.05) is 6.42 Å². The second kappa shape index (κ2) is 2.79. The minimum Gasteiger partial charge on any atom is -0.206 e. The van der Waals surface area contributed by atoms with E-state index in [2.05, 4.69) is 0 Å². The first-order valence-electron chi connectivity index (χ1n) is 4.61. The zero-order valence-electron chi connectivity index (χ0n) is 7.56. The number of hydrogen-bond donors (Lipinski definition) is 0. The van der Waals surface area contributed by atoms with Gasteiger partial charge in [0.1, 0.15) is 0 Å². The van der Waals surface area contributed by atoms with Crippen LogP contribution in [0.5, 0.6) is 0 Å². The van der Waals surface area contributed by atoms with Crippen molar-refractivity contribution in [3.8, 4) is 0 Å². The molecule has 1 atom stereocenters. The second-order valence-electron chi connectivity index (χ2n) is 3.57. The Kier molecular flexibility index (Phi) is 1.86. The van der Waals surface area contributed by atoms with Gasteiger partial charge in [-0.2, -0.15) is 0 Å². The normalized spacial score (nSPS) is 24.4. The predicted octanol–water partition coefficient (Wildman–Crippen LogP) is 3.37. The molecule has 2 rings (SSSR count). The molecule has 0 saturated heterocycles. The highest BCUT2D eigenvalue weighted by Gasteiger charge is 2.57. The van der Waals surface area contributed by atoms with Crippen LogP contribution >= 0.6 is 0 Å². The minimum absolute atomic E-state index is 0.0318. The molecule has 0 aromatic heterocycles. The monoisotopic (exact) mass is 182 g/mol. The lowest BCUT2D eigenvalue weighted by atomic mass is 10.0. The van der Waals surface area contributed by atoms with Crippen molar-refractivity contribution in [1.29, 1.82) is 0 Å². The molecule has 1 fully saturated rings. The van der Waals surface area contributed by atoms with Crippen LogP contribution in [0.15, 0.2) is 24.3 Å². The summed E-state index contributed by atoms with van der Waals surface area (Å²) in [6.45, 7) is 2.00. The van der Waals surface area contributed by atoms with Gasteiger partial charge in [-0.3, -0.25) is 0 Å². The van der Waals surface area contributed by atoms with Gasteiger partial charge in [0.25, 0.3) is 5.92 Å². The van der Waals surface area contributed by atoms with E-state index >= 15 is 0 Å². The third-order valence-corrected chi connectivity index (χ3v) is 2.64. The van der Waals surface area contributed by atoms with Crippen LogP contribution in [0.4, 0.5) is 8.78 Å². The molecular weight excluding hydrogens is 170 g/mol. The van der Waals surface area contributed by atoms with E-state index in [4.69, 9.17) is 0 Å². The Bertz CT molecular complexity index is 318. The van der Waals surface area contributed by atoms with Gasteiger partial charge >= 0.3 is 0 Å². The largest absolute Gasteiger partial charge is 0.255 e. The Labute approximate surface area is 76.6 Å². The number of benzene rings is 1. The highest BCUT2D eigenvalue weighted by molar-refractivity contribution is 5.36. The third kappa shape index (κ3) is 1.45. The first-order chi connectivity index (χ1) is 6.15. The zero-order chi connectivity index (χ0) is 9.47. The standard InChI is InChI=1S/C11H12F2/c1-2-8-5-3-4-6-9(8)10-7-11(10,12)13/h3-6,10H,2,7H2,1H3. The highest BCUT2D eigenvalue weighted by Crippen LogP contribution is 2.56. The van der Waals surface area contributed by atoms with Crippen LogP contribution in [0.2, 0.25) is 0 Å². The molecule has 0 nitrogen and oxygen atoms in total. The van der Waals surface area contributed by atoms with E-state index in [-0.39, 0.29) is 6.42 Å². The average molecular weight is 182 g/mol. The maximum Gasteiger partial charge on any atom is 0.255 e. The van der Waals surface area contributed by atoms with Crippen molar-refractivity contribution < 1.29 is 8.78 Å². The van der Waals surface area contributed by atoms with E-state index in [1.807, 2.05) is 31.2 Å². The molecule has 2 heteroatoms. The lowest BCUT2D eigenvalue weighted by Crippen LogP contribution is -1.96. The van der Waals surface area contributed by atoms with E-state index in [9.17, 15) is 8.78 Å². The van der Waals surface area contributed by atoms with Crippen molar-refractivity contribution in [3.05, 3.63) is 35.4 Å². The summed E-state index contributed by atoms with van der Waals surface area (Å²) in [5.41, 5.74) is 1.90. The second-order valence-corrected chi connectivity index (χ2v) is 3.57. The van der Waals surface area contributed by atoms with Gasteiger partial charge in [-0.15, -0.1) is 0 Å². The van der Waals surface area contributed by atoms with Crippen molar-refractivity contribution in [2.45, 2.75) is 31.6 Å². The fourth-order valence-corrected chi connectivity index (χ4v) is 1.75. The lowest BCUT2D eigenvalue weighted by molar-refractivity contribution is 0.112. The maximum atomic E-state index is 12.8. The Morgan fingerprint density at radius 1 is 1.38 bits per heavy atom. The van der Waals surface area contributed by atoms with Crippen LogP contribution in [-0.2, 0) is 6.42 Å². The summed E-state index contributed by atoms with van der Waals surface area (Å²) >= 11 is 0. The van der Waals surface area contributed by atoms with Gasteiger partial charge in [-0.25, -0.2) is 8.78 Å². The van der Waals surface area contributed by atoms with Crippen molar-refractivity contribution in [2.75, 3.05) is 0 Å². The number of halogens is 2. The molecule has 0 aliphatic heterocycles. The Balaban J connectivity index is 2.31. The van der Waals surface area contributed by atoms with E-state index in [1.54, 1.807) is 0 Å². The molecule has 1 aromatic carbocycles. The average Bonchev–Trinajstić information content (AvgIpc) is 2.75. The first-order valence-corrected chi connectivity index (χ1v) is 4.61. The minimum atomic E-state index is -2.44. The van der Waals surface area contributed by atoms with Crippen molar-refractivity contribution in [1.82, 2.24) is 0 Å². The predicted molar refractivity (Wildman–Crippen MR) is 48.1 cm³/mol. The molecule has 0 N–H and O–H groups in total. The molecule has 0 bridgehead atoms. The van der Waals surface area contributed by atoms with Crippen molar-refractivity contribution in [3.63, 3.8) is 0 Å². The molecule has 1 saturated carbocycles. The van der Waals surface area contributed by atoms with Crippen LogP contribution in [0.3, 0.4) is 0 Å². The molecular formula is C11H12F2. The molecule has 1 aliphatic carbocycles. The topological polar surface area (TPSA) is 0 Å². The highest BCUT2D eigenvalue weighted by atomic mass is 19.3. The summed E-state index contributed by atoms with van der Waals surface area (Å²) in [7, 11) is 0. The molecule has 70 valence electrons. The zero-order valence-corrected chi connectivity index (χ0v) is 7.56. The molecule has 0 heterocycles. The molecule has 0 radical (unpaired) electrons. The fourth-order valence-electron chi connectivity index (χ4n) is 1.75. The van der Waals surface area contributed by atoms with Gasteiger partial charge in [0.2, 0.25) is 0 Å². The number of hydrogen-bond acceptors (Lipinski definition) is 0. The van der Waals surface area contributed by atoms with Crippen LogP contribution in [0.1, 0.15) is 30.4 Å². The van der Waals surface area contributed by atoms with E-state index in [0.29, 0.717) is 0 Å². The van der Waals surface area contributed by atoms with Gasteiger partial charge in [0.05, 0.1) is 5.92 Å². The summed E-state index contributed by atoms with van der Waals surface area (Å²) in [5.74, 6) is -2.95. The Morgan fingerprint density at radius 2 is 2.00 bits per heavy atom. The van der Waals surface area contributed by atoms with Crippen LogP contribution in [0.25, 0.3) is 0 Å². The van der Waals surface area contributed by atoms with E-state index in [0.717, 1.165) is 17.5 Å². The van der Waals surface area contributed by atoms with E-state index < -0.39 is 11.8 Å². The Hall–Kier alpha value is -0.920. The van der Waals surface area contributed by atoms with Crippen molar-refractivity contribution in [2.24, 2.45) is 0 Å².